The number of fused-ring (bicyclic) bond motifs is 2. The Hall–Kier alpha value is -3.48. The maximum absolute atomic E-state index is 13.7. The van der Waals surface area contributed by atoms with Crippen LogP contribution in [0.15, 0.2) is 72.1 Å². The molecule has 0 bridgehead atoms. The highest BCUT2D eigenvalue weighted by atomic mass is 35.5. The number of halogens is 2. The van der Waals surface area contributed by atoms with E-state index in [-0.39, 0.29) is 16.5 Å². The van der Waals surface area contributed by atoms with Crippen molar-refractivity contribution in [3.63, 3.8) is 0 Å². The van der Waals surface area contributed by atoms with Crippen LogP contribution in [0.3, 0.4) is 0 Å². The second-order valence-electron chi connectivity index (χ2n) is 8.17. The number of rotatable bonds is 3. The SMILES string of the molecule is Cc1cc(NC(=O)c2ccc(F)cc2Cl)ccc1C(=O)N1Cc2sccc2Cc2ccccc21. The van der Waals surface area contributed by atoms with Crippen LogP contribution in [0, 0.1) is 12.7 Å². The summed E-state index contributed by atoms with van der Waals surface area (Å²) in [4.78, 5) is 29.3. The van der Waals surface area contributed by atoms with Crippen molar-refractivity contribution < 1.29 is 14.0 Å². The first-order chi connectivity index (χ1) is 16.4. The minimum atomic E-state index is -0.509. The second-order valence-corrected chi connectivity index (χ2v) is 9.58. The van der Waals surface area contributed by atoms with Gasteiger partial charge in [0.05, 0.1) is 17.1 Å². The van der Waals surface area contributed by atoms with E-state index >= 15 is 0 Å². The van der Waals surface area contributed by atoms with Crippen LogP contribution >= 0.6 is 22.9 Å². The van der Waals surface area contributed by atoms with E-state index in [9.17, 15) is 14.0 Å². The number of carbonyl (C=O) groups is 2. The lowest BCUT2D eigenvalue weighted by atomic mass is 10.0. The number of nitrogens with one attached hydrogen (secondary N) is 1. The van der Waals surface area contributed by atoms with E-state index in [0.29, 0.717) is 17.8 Å². The molecule has 1 aromatic heterocycles. The third-order valence-electron chi connectivity index (χ3n) is 5.94. The Bertz CT molecular complexity index is 1430. The lowest BCUT2D eigenvalue weighted by Crippen LogP contribution is -2.30. The number of para-hydroxylation sites is 1. The van der Waals surface area contributed by atoms with E-state index in [1.807, 2.05) is 30.0 Å². The summed E-state index contributed by atoms with van der Waals surface area (Å²) >= 11 is 7.67. The van der Waals surface area contributed by atoms with Gasteiger partial charge in [0.25, 0.3) is 11.8 Å². The predicted octanol–water partition coefficient (Wildman–Crippen LogP) is 6.85. The smallest absolute Gasteiger partial charge is 0.258 e. The monoisotopic (exact) mass is 490 g/mol. The standard InChI is InChI=1S/C27H20ClFN2O2S/c1-16-12-20(30-26(32)22-8-6-19(29)14-23(22)28)7-9-21(16)27(33)31-15-25-18(10-11-34-25)13-17-4-2-3-5-24(17)31/h2-12,14H,13,15H2,1H3,(H,30,32). The molecule has 0 atom stereocenters. The van der Waals surface area contributed by atoms with Crippen molar-refractivity contribution >= 4 is 46.1 Å². The Morgan fingerprint density at radius 3 is 2.59 bits per heavy atom. The molecule has 4 nitrogen and oxygen atoms in total. The van der Waals surface area contributed by atoms with Crippen molar-refractivity contribution in [3.8, 4) is 0 Å². The van der Waals surface area contributed by atoms with Crippen LogP contribution in [0.25, 0.3) is 0 Å². The number of carbonyl (C=O) groups excluding carboxylic acids is 2. The van der Waals surface area contributed by atoms with Crippen LogP contribution in [0.4, 0.5) is 15.8 Å². The Labute approximate surface area is 205 Å². The van der Waals surface area contributed by atoms with Crippen LogP contribution in [0.1, 0.15) is 42.3 Å². The minimum absolute atomic E-state index is 0.0359. The summed E-state index contributed by atoms with van der Waals surface area (Å²) < 4.78 is 13.3. The molecule has 0 fully saturated rings. The topological polar surface area (TPSA) is 49.4 Å². The Balaban J connectivity index is 1.42. The largest absolute Gasteiger partial charge is 0.322 e. The molecular weight excluding hydrogens is 471 g/mol. The van der Waals surface area contributed by atoms with Gasteiger partial charge in [-0.05, 0) is 77.5 Å². The molecule has 2 amide bonds. The maximum Gasteiger partial charge on any atom is 0.258 e. The molecule has 1 N–H and O–H groups in total. The Morgan fingerprint density at radius 1 is 1.00 bits per heavy atom. The molecule has 5 rings (SSSR count). The summed E-state index contributed by atoms with van der Waals surface area (Å²) in [6.07, 6.45) is 0.800. The molecule has 2 heterocycles. The van der Waals surface area contributed by atoms with Gasteiger partial charge in [0.1, 0.15) is 5.82 Å². The van der Waals surface area contributed by atoms with E-state index in [1.54, 1.807) is 29.5 Å². The zero-order valence-electron chi connectivity index (χ0n) is 18.3. The zero-order chi connectivity index (χ0) is 23.8. The van der Waals surface area contributed by atoms with Crippen LogP contribution in [0.5, 0.6) is 0 Å². The first-order valence-corrected chi connectivity index (χ1v) is 12.0. The summed E-state index contributed by atoms with van der Waals surface area (Å²) in [6.45, 7) is 2.36. The van der Waals surface area contributed by atoms with Gasteiger partial charge in [-0.25, -0.2) is 4.39 Å². The number of anilines is 2. The summed E-state index contributed by atoms with van der Waals surface area (Å²) in [6, 6.07) is 18.9. The van der Waals surface area contributed by atoms with Crippen molar-refractivity contribution in [1.29, 1.82) is 0 Å². The molecule has 0 aliphatic carbocycles. The van der Waals surface area contributed by atoms with Gasteiger partial charge in [-0.2, -0.15) is 0 Å². The number of hydrogen-bond acceptors (Lipinski definition) is 3. The van der Waals surface area contributed by atoms with E-state index in [1.165, 1.54) is 22.6 Å². The summed E-state index contributed by atoms with van der Waals surface area (Å²) in [5, 5.41) is 4.87. The fourth-order valence-electron chi connectivity index (χ4n) is 4.20. The molecule has 4 aromatic rings. The molecule has 0 unspecified atom stereocenters. The van der Waals surface area contributed by atoms with Gasteiger partial charge in [-0.1, -0.05) is 29.8 Å². The van der Waals surface area contributed by atoms with Crippen molar-refractivity contribution in [3.05, 3.63) is 116 Å². The predicted molar refractivity (Wildman–Crippen MR) is 135 cm³/mol. The number of hydrogen-bond donors (Lipinski definition) is 1. The molecule has 3 aromatic carbocycles. The number of aryl methyl sites for hydroxylation is 1. The molecule has 0 spiro atoms. The summed E-state index contributed by atoms with van der Waals surface area (Å²) in [7, 11) is 0. The molecule has 34 heavy (non-hydrogen) atoms. The third-order valence-corrected chi connectivity index (χ3v) is 7.20. The first kappa shape index (κ1) is 22.3. The van der Waals surface area contributed by atoms with Crippen LogP contribution in [0.2, 0.25) is 5.02 Å². The Kier molecular flexibility index (Phi) is 5.94. The minimum Gasteiger partial charge on any atom is -0.322 e. The Morgan fingerprint density at radius 2 is 1.79 bits per heavy atom. The normalized spacial score (nSPS) is 12.5. The lowest BCUT2D eigenvalue weighted by molar-refractivity contribution is 0.0983. The number of benzene rings is 3. The number of thiophene rings is 1. The van der Waals surface area contributed by atoms with Gasteiger partial charge in [0, 0.05) is 28.2 Å². The molecule has 0 saturated heterocycles. The molecule has 0 saturated carbocycles. The fourth-order valence-corrected chi connectivity index (χ4v) is 5.35. The van der Waals surface area contributed by atoms with E-state index in [2.05, 4.69) is 22.8 Å². The molecule has 7 heteroatoms. The van der Waals surface area contributed by atoms with Crippen molar-refractivity contribution in [2.45, 2.75) is 19.9 Å². The average molecular weight is 491 g/mol. The molecule has 0 radical (unpaired) electrons. The summed E-state index contributed by atoms with van der Waals surface area (Å²) in [5.74, 6) is -1.05. The number of amides is 2. The fraction of sp³-hybridized carbons (Fsp3) is 0.111. The van der Waals surface area contributed by atoms with Gasteiger partial charge in [-0.3, -0.25) is 9.59 Å². The van der Waals surface area contributed by atoms with Gasteiger partial charge >= 0.3 is 0 Å². The van der Waals surface area contributed by atoms with Gasteiger partial charge < -0.3 is 10.2 Å². The highest BCUT2D eigenvalue weighted by Gasteiger charge is 2.26. The third kappa shape index (κ3) is 4.22. The lowest BCUT2D eigenvalue weighted by Gasteiger charge is -2.24. The van der Waals surface area contributed by atoms with Gasteiger partial charge in [0.15, 0.2) is 0 Å². The second kappa shape index (κ2) is 9.05. The zero-order valence-corrected chi connectivity index (χ0v) is 19.8. The highest BCUT2D eigenvalue weighted by molar-refractivity contribution is 7.10. The van der Waals surface area contributed by atoms with Crippen molar-refractivity contribution in [1.82, 2.24) is 0 Å². The average Bonchev–Trinajstić information content (AvgIpc) is 3.17. The number of nitrogens with zero attached hydrogens (tertiary/aromatic N) is 1. The molecule has 170 valence electrons. The van der Waals surface area contributed by atoms with Crippen LogP contribution < -0.4 is 10.2 Å². The van der Waals surface area contributed by atoms with Crippen molar-refractivity contribution in [2.75, 3.05) is 10.2 Å². The molecular formula is C27H20ClFN2O2S. The molecule has 1 aliphatic heterocycles. The molecule has 1 aliphatic rings. The van der Waals surface area contributed by atoms with Crippen LogP contribution in [-0.2, 0) is 13.0 Å². The van der Waals surface area contributed by atoms with Gasteiger partial charge in [0.2, 0.25) is 0 Å². The van der Waals surface area contributed by atoms with E-state index < -0.39 is 11.7 Å². The van der Waals surface area contributed by atoms with E-state index in [4.69, 9.17) is 11.6 Å². The maximum atomic E-state index is 13.7. The van der Waals surface area contributed by atoms with E-state index in [0.717, 1.165) is 29.3 Å². The van der Waals surface area contributed by atoms with Crippen molar-refractivity contribution in [2.24, 2.45) is 0 Å². The van der Waals surface area contributed by atoms with Crippen LogP contribution in [-0.4, -0.2) is 11.8 Å². The highest BCUT2D eigenvalue weighted by Crippen LogP contribution is 2.34. The summed E-state index contributed by atoms with van der Waals surface area (Å²) in [5.41, 5.74) is 5.28. The van der Waals surface area contributed by atoms with Gasteiger partial charge in [-0.15, -0.1) is 11.3 Å². The first-order valence-electron chi connectivity index (χ1n) is 10.7. The quantitative estimate of drug-likeness (QED) is 0.341.